The average molecular weight is 262 g/mol. The highest BCUT2D eigenvalue weighted by Gasteiger charge is 2.28. The number of carboxylic acids is 1. The minimum absolute atomic E-state index is 0.0262. The Morgan fingerprint density at radius 1 is 1.47 bits per heavy atom. The SMILES string of the molecule is CC(NCc1ccc(C(=O)O)cc1)C1CCNC1=O. The number of nitrogens with one attached hydrogen (secondary N) is 2. The summed E-state index contributed by atoms with van der Waals surface area (Å²) < 4.78 is 0. The molecular weight excluding hydrogens is 244 g/mol. The van der Waals surface area contributed by atoms with Crippen LogP contribution in [0.4, 0.5) is 0 Å². The van der Waals surface area contributed by atoms with Gasteiger partial charge in [0.1, 0.15) is 0 Å². The Balaban J connectivity index is 1.88. The number of aromatic carboxylic acids is 1. The minimum Gasteiger partial charge on any atom is -0.478 e. The molecule has 1 aromatic carbocycles. The van der Waals surface area contributed by atoms with Crippen LogP contribution in [0.2, 0.25) is 0 Å². The Labute approximate surface area is 112 Å². The highest BCUT2D eigenvalue weighted by Crippen LogP contribution is 2.14. The van der Waals surface area contributed by atoms with Gasteiger partial charge in [-0.1, -0.05) is 12.1 Å². The summed E-state index contributed by atoms with van der Waals surface area (Å²) in [6.45, 7) is 3.38. The number of hydrogen-bond donors (Lipinski definition) is 3. The standard InChI is InChI=1S/C14H18N2O3/c1-9(12-6-7-15-13(12)17)16-8-10-2-4-11(5-3-10)14(18)19/h2-5,9,12,16H,6-8H2,1H3,(H,15,17)(H,18,19). The van der Waals surface area contributed by atoms with Crippen LogP contribution in [0.15, 0.2) is 24.3 Å². The topological polar surface area (TPSA) is 78.4 Å². The molecule has 1 heterocycles. The molecule has 1 aromatic rings. The molecule has 1 fully saturated rings. The van der Waals surface area contributed by atoms with Crippen LogP contribution in [0, 0.1) is 5.92 Å². The Morgan fingerprint density at radius 3 is 2.68 bits per heavy atom. The lowest BCUT2D eigenvalue weighted by molar-refractivity contribution is -0.123. The van der Waals surface area contributed by atoms with E-state index < -0.39 is 5.97 Å². The Kier molecular flexibility index (Phi) is 4.16. The summed E-state index contributed by atoms with van der Waals surface area (Å²) in [5, 5.41) is 14.9. The van der Waals surface area contributed by atoms with Crippen LogP contribution in [0.1, 0.15) is 29.3 Å². The van der Waals surface area contributed by atoms with Gasteiger partial charge in [0.05, 0.1) is 11.5 Å². The molecule has 1 saturated heterocycles. The first-order valence-electron chi connectivity index (χ1n) is 6.41. The summed E-state index contributed by atoms with van der Waals surface area (Å²) in [5.74, 6) is -0.782. The molecule has 0 radical (unpaired) electrons. The van der Waals surface area contributed by atoms with E-state index in [2.05, 4.69) is 10.6 Å². The van der Waals surface area contributed by atoms with E-state index in [0.717, 1.165) is 18.5 Å². The molecule has 1 amide bonds. The van der Waals surface area contributed by atoms with Crippen LogP contribution in [0.3, 0.4) is 0 Å². The maximum Gasteiger partial charge on any atom is 0.335 e. The second kappa shape index (κ2) is 5.84. The summed E-state index contributed by atoms with van der Waals surface area (Å²) in [5.41, 5.74) is 1.29. The van der Waals surface area contributed by atoms with Crippen molar-refractivity contribution in [2.75, 3.05) is 6.54 Å². The molecule has 0 bridgehead atoms. The molecule has 0 saturated carbocycles. The highest BCUT2D eigenvalue weighted by molar-refractivity contribution is 5.87. The maximum atomic E-state index is 11.5. The van der Waals surface area contributed by atoms with Crippen molar-refractivity contribution in [2.24, 2.45) is 5.92 Å². The van der Waals surface area contributed by atoms with Gasteiger partial charge in [-0.05, 0) is 31.0 Å². The monoisotopic (exact) mass is 262 g/mol. The molecule has 19 heavy (non-hydrogen) atoms. The fraction of sp³-hybridized carbons (Fsp3) is 0.429. The van der Waals surface area contributed by atoms with Crippen LogP contribution in [0.25, 0.3) is 0 Å². The van der Waals surface area contributed by atoms with Gasteiger partial charge >= 0.3 is 5.97 Å². The van der Waals surface area contributed by atoms with E-state index in [9.17, 15) is 9.59 Å². The van der Waals surface area contributed by atoms with Gasteiger partial charge < -0.3 is 15.7 Å². The zero-order valence-corrected chi connectivity index (χ0v) is 10.8. The van der Waals surface area contributed by atoms with Crippen LogP contribution in [-0.2, 0) is 11.3 Å². The van der Waals surface area contributed by atoms with Crippen molar-refractivity contribution in [1.29, 1.82) is 0 Å². The van der Waals surface area contributed by atoms with E-state index in [-0.39, 0.29) is 23.4 Å². The van der Waals surface area contributed by atoms with Crippen molar-refractivity contribution in [1.82, 2.24) is 10.6 Å². The van der Waals surface area contributed by atoms with Gasteiger partial charge in [-0.3, -0.25) is 4.79 Å². The molecule has 0 spiro atoms. The predicted molar refractivity (Wildman–Crippen MR) is 70.8 cm³/mol. The third-order valence-corrected chi connectivity index (χ3v) is 3.52. The van der Waals surface area contributed by atoms with Crippen molar-refractivity contribution in [3.8, 4) is 0 Å². The lowest BCUT2D eigenvalue weighted by Gasteiger charge is -2.18. The van der Waals surface area contributed by atoms with E-state index >= 15 is 0 Å². The lowest BCUT2D eigenvalue weighted by atomic mass is 9.99. The second-order valence-corrected chi connectivity index (χ2v) is 4.86. The van der Waals surface area contributed by atoms with E-state index in [1.165, 1.54) is 0 Å². The Bertz CT molecular complexity index is 470. The van der Waals surface area contributed by atoms with Crippen molar-refractivity contribution >= 4 is 11.9 Å². The number of amides is 1. The number of hydrogen-bond acceptors (Lipinski definition) is 3. The van der Waals surface area contributed by atoms with E-state index in [0.29, 0.717) is 6.54 Å². The van der Waals surface area contributed by atoms with Gasteiger partial charge in [-0.15, -0.1) is 0 Å². The zero-order valence-electron chi connectivity index (χ0n) is 10.8. The lowest BCUT2D eigenvalue weighted by Crippen LogP contribution is -2.37. The van der Waals surface area contributed by atoms with Gasteiger partial charge in [0.25, 0.3) is 0 Å². The molecule has 102 valence electrons. The quantitative estimate of drug-likeness (QED) is 0.739. The normalized spacial score (nSPS) is 20.1. The number of benzene rings is 1. The van der Waals surface area contributed by atoms with Crippen LogP contribution in [-0.4, -0.2) is 29.6 Å². The number of carboxylic acid groups (broad SMARTS) is 1. The number of carbonyl (C=O) groups excluding carboxylic acids is 1. The van der Waals surface area contributed by atoms with Crippen molar-refractivity contribution in [3.05, 3.63) is 35.4 Å². The molecule has 5 nitrogen and oxygen atoms in total. The van der Waals surface area contributed by atoms with Crippen LogP contribution < -0.4 is 10.6 Å². The van der Waals surface area contributed by atoms with Gasteiger partial charge in [-0.25, -0.2) is 4.79 Å². The first-order valence-corrected chi connectivity index (χ1v) is 6.41. The summed E-state index contributed by atoms with van der Waals surface area (Å²) in [4.78, 5) is 22.3. The summed E-state index contributed by atoms with van der Waals surface area (Å²) in [6.07, 6.45) is 0.866. The summed E-state index contributed by atoms with van der Waals surface area (Å²) in [7, 11) is 0. The molecule has 2 unspecified atom stereocenters. The van der Waals surface area contributed by atoms with Crippen molar-refractivity contribution < 1.29 is 14.7 Å². The maximum absolute atomic E-state index is 11.5. The number of carbonyl (C=O) groups is 2. The van der Waals surface area contributed by atoms with Crippen LogP contribution >= 0.6 is 0 Å². The Hall–Kier alpha value is -1.88. The van der Waals surface area contributed by atoms with E-state index in [4.69, 9.17) is 5.11 Å². The first-order chi connectivity index (χ1) is 9.08. The second-order valence-electron chi connectivity index (χ2n) is 4.86. The summed E-state index contributed by atoms with van der Waals surface area (Å²) >= 11 is 0. The fourth-order valence-corrected chi connectivity index (χ4v) is 2.28. The van der Waals surface area contributed by atoms with Gasteiger partial charge in [0.2, 0.25) is 5.91 Å². The molecule has 5 heteroatoms. The highest BCUT2D eigenvalue weighted by atomic mass is 16.4. The molecule has 2 atom stereocenters. The third-order valence-electron chi connectivity index (χ3n) is 3.52. The van der Waals surface area contributed by atoms with Crippen molar-refractivity contribution in [3.63, 3.8) is 0 Å². The molecular formula is C14H18N2O3. The number of rotatable bonds is 5. The van der Waals surface area contributed by atoms with Gasteiger partial charge in [0.15, 0.2) is 0 Å². The first kappa shape index (κ1) is 13.5. The largest absolute Gasteiger partial charge is 0.478 e. The molecule has 0 aromatic heterocycles. The van der Waals surface area contributed by atoms with Gasteiger partial charge in [-0.2, -0.15) is 0 Å². The molecule has 0 aliphatic carbocycles. The molecule has 1 aliphatic rings. The third kappa shape index (κ3) is 3.32. The van der Waals surface area contributed by atoms with E-state index in [1.807, 2.05) is 6.92 Å². The molecule has 2 rings (SSSR count). The van der Waals surface area contributed by atoms with E-state index in [1.54, 1.807) is 24.3 Å². The summed E-state index contributed by atoms with van der Waals surface area (Å²) in [6, 6.07) is 6.87. The molecule has 1 aliphatic heterocycles. The zero-order chi connectivity index (χ0) is 13.8. The van der Waals surface area contributed by atoms with Gasteiger partial charge in [0, 0.05) is 19.1 Å². The molecule has 3 N–H and O–H groups in total. The minimum atomic E-state index is -0.921. The average Bonchev–Trinajstić information content (AvgIpc) is 2.83. The predicted octanol–water partition coefficient (Wildman–Crippen LogP) is 0.999. The smallest absolute Gasteiger partial charge is 0.335 e. The Morgan fingerprint density at radius 2 is 2.16 bits per heavy atom. The fourth-order valence-electron chi connectivity index (χ4n) is 2.28. The van der Waals surface area contributed by atoms with Crippen LogP contribution in [0.5, 0.6) is 0 Å². The van der Waals surface area contributed by atoms with Crippen molar-refractivity contribution in [2.45, 2.75) is 25.9 Å².